The lowest BCUT2D eigenvalue weighted by Gasteiger charge is -2.17. The van der Waals surface area contributed by atoms with Crippen molar-refractivity contribution in [1.82, 2.24) is 0 Å². The number of benzene rings is 2. The van der Waals surface area contributed by atoms with E-state index in [2.05, 4.69) is 0 Å². The summed E-state index contributed by atoms with van der Waals surface area (Å²) in [6.45, 7) is 5.05. The van der Waals surface area contributed by atoms with Gasteiger partial charge in [0.25, 0.3) is 0 Å². The van der Waals surface area contributed by atoms with E-state index in [1.807, 2.05) is 0 Å². The highest BCUT2D eigenvalue weighted by Crippen LogP contribution is 2.40. The summed E-state index contributed by atoms with van der Waals surface area (Å²) in [6.07, 6.45) is -11.9. The second kappa shape index (κ2) is 8.99. The molecular formula is C21H19F6O3P. The summed E-state index contributed by atoms with van der Waals surface area (Å²) in [5.41, 5.74) is -3.56. The van der Waals surface area contributed by atoms with E-state index in [-0.39, 0.29) is 5.56 Å². The Morgan fingerprint density at radius 1 is 0.839 bits per heavy atom. The average molecular weight is 464 g/mol. The van der Waals surface area contributed by atoms with Gasteiger partial charge in [0.15, 0.2) is 5.78 Å². The number of hydrogen-bond acceptors (Lipinski definition) is 3. The summed E-state index contributed by atoms with van der Waals surface area (Å²) in [7, 11) is -3.15. The highest BCUT2D eigenvalue weighted by Gasteiger charge is 2.42. The molecule has 2 aromatic rings. The van der Waals surface area contributed by atoms with Crippen LogP contribution in [0.1, 0.15) is 55.0 Å². The lowest BCUT2D eigenvalue weighted by molar-refractivity contribution is -0.143. The van der Waals surface area contributed by atoms with Gasteiger partial charge in [0.2, 0.25) is 5.52 Å². The van der Waals surface area contributed by atoms with Gasteiger partial charge in [0, 0.05) is 23.7 Å². The van der Waals surface area contributed by atoms with Crippen LogP contribution >= 0.6 is 7.80 Å². The van der Waals surface area contributed by atoms with Crippen LogP contribution in [0.15, 0.2) is 30.3 Å². The minimum Gasteiger partial charge on any atom is -0.318 e. The Bertz CT molecular complexity index is 999. The molecule has 0 aliphatic heterocycles. The molecule has 0 spiro atoms. The van der Waals surface area contributed by atoms with Crippen molar-refractivity contribution in [2.45, 2.75) is 39.5 Å². The molecule has 0 aliphatic rings. The first-order chi connectivity index (χ1) is 14.1. The third kappa shape index (κ3) is 5.64. The molecule has 0 heterocycles. The first kappa shape index (κ1) is 24.9. The second-order valence-electron chi connectivity index (χ2n) is 7.17. The number of rotatable bonds is 6. The third-order valence-corrected chi connectivity index (χ3v) is 6.15. The molecule has 0 bridgehead atoms. The Morgan fingerprint density at radius 3 is 1.71 bits per heavy atom. The smallest absolute Gasteiger partial charge is 0.318 e. The van der Waals surface area contributed by atoms with Gasteiger partial charge in [0.05, 0.1) is 11.1 Å². The number of alkyl halides is 6. The third-order valence-electron chi connectivity index (χ3n) is 4.69. The topological polar surface area (TPSA) is 51.2 Å². The largest absolute Gasteiger partial charge is 0.417 e. The Balaban J connectivity index is 2.33. The second-order valence-corrected chi connectivity index (χ2v) is 8.97. The van der Waals surface area contributed by atoms with Crippen LogP contribution < -0.4 is 0 Å². The number of ketones is 1. The molecule has 0 amide bonds. The summed E-state index contributed by atoms with van der Waals surface area (Å²) >= 11 is 0. The number of carbonyl (C=O) groups is 2. The zero-order valence-electron chi connectivity index (χ0n) is 16.8. The summed E-state index contributed by atoms with van der Waals surface area (Å²) < 4.78 is 91.8. The van der Waals surface area contributed by atoms with Crippen molar-refractivity contribution >= 4 is 19.1 Å². The van der Waals surface area contributed by atoms with E-state index in [1.165, 1.54) is 0 Å². The van der Waals surface area contributed by atoms with Crippen molar-refractivity contribution in [3.05, 3.63) is 69.3 Å². The molecule has 10 heteroatoms. The van der Waals surface area contributed by atoms with Crippen molar-refractivity contribution in [1.29, 1.82) is 0 Å². The number of carbonyl (C=O) groups excluding carboxylic acids is 2. The quantitative estimate of drug-likeness (QED) is 0.274. The van der Waals surface area contributed by atoms with Gasteiger partial charge < -0.3 is 4.57 Å². The van der Waals surface area contributed by atoms with E-state index in [9.17, 15) is 40.5 Å². The molecule has 3 nitrogen and oxygen atoms in total. The predicted molar refractivity (Wildman–Crippen MR) is 104 cm³/mol. The summed E-state index contributed by atoms with van der Waals surface area (Å²) in [5.74, 6) is -1.47. The molecule has 0 saturated carbocycles. The van der Waals surface area contributed by atoms with Crippen molar-refractivity contribution in [2.75, 3.05) is 6.16 Å². The lowest BCUT2D eigenvalue weighted by Crippen LogP contribution is -2.20. The summed E-state index contributed by atoms with van der Waals surface area (Å²) in [6, 6.07) is 4.72. The van der Waals surface area contributed by atoms with Crippen LogP contribution in [-0.4, -0.2) is 17.5 Å². The van der Waals surface area contributed by atoms with Crippen molar-refractivity contribution in [2.24, 2.45) is 0 Å². The molecule has 0 N–H and O–H groups in total. The van der Waals surface area contributed by atoms with Crippen molar-refractivity contribution < 1.29 is 40.5 Å². The molecule has 2 rings (SSSR count). The molecule has 0 saturated heterocycles. The van der Waals surface area contributed by atoms with Crippen LogP contribution in [0.3, 0.4) is 0 Å². The number of hydrogen-bond donors (Lipinski definition) is 0. The van der Waals surface area contributed by atoms with Crippen LogP contribution in [0.25, 0.3) is 0 Å². The van der Waals surface area contributed by atoms with Gasteiger partial charge in [-0.2, -0.15) is 26.3 Å². The van der Waals surface area contributed by atoms with E-state index >= 15 is 0 Å². The fourth-order valence-corrected chi connectivity index (χ4v) is 4.82. The number of Topliss-reactive ketones (excluding diaryl/α,β-unsaturated/α-hetero) is 1. The molecular weight excluding hydrogens is 445 g/mol. The predicted octanol–water partition coefficient (Wildman–Crippen LogP) is 6.62. The van der Waals surface area contributed by atoms with E-state index < -0.39 is 60.7 Å². The normalized spacial score (nSPS) is 13.2. The number of halogens is 6. The molecule has 0 fully saturated rings. The standard InChI is InChI=1S/C21H19F6O3P/c1-11-9-12(2)17(13(3)10-11)19(29)31(30)8-7-16(28)18-14(20(22,23)24)5-4-6-15(18)21(25,26)27/h4-6,9-10,31H,7-8H2,1-3H3. The number of aryl methyl sites for hydroxylation is 3. The van der Waals surface area contributed by atoms with Gasteiger partial charge in [0.1, 0.15) is 7.80 Å². The zero-order chi connectivity index (χ0) is 23.7. The first-order valence-electron chi connectivity index (χ1n) is 9.10. The average Bonchev–Trinajstić information content (AvgIpc) is 2.62. The monoisotopic (exact) mass is 464 g/mol. The van der Waals surface area contributed by atoms with Gasteiger partial charge in [-0.3, -0.25) is 9.59 Å². The molecule has 1 atom stereocenters. The van der Waals surface area contributed by atoms with E-state index in [0.29, 0.717) is 29.3 Å². The van der Waals surface area contributed by atoms with E-state index in [1.54, 1.807) is 32.9 Å². The molecule has 0 aliphatic carbocycles. The van der Waals surface area contributed by atoms with Gasteiger partial charge in [-0.05, 0) is 44.0 Å². The van der Waals surface area contributed by atoms with Crippen LogP contribution in [0.5, 0.6) is 0 Å². The Hall–Kier alpha value is -2.41. The summed E-state index contributed by atoms with van der Waals surface area (Å²) in [5, 5.41) is 0. The minimum atomic E-state index is -5.19. The van der Waals surface area contributed by atoms with Crippen molar-refractivity contribution in [3.8, 4) is 0 Å². The molecule has 1 unspecified atom stereocenters. The Morgan fingerprint density at radius 2 is 1.29 bits per heavy atom. The van der Waals surface area contributed by atoms with Crippen LogP contribution in [0, 0.1) is 20.8 Å². The molecule has 2 aromatic carbocycles. The Labute approximate surface area is 175 Å². The fraction of sp³-hybridized carbons (Fsp3) is 0.333. The molecule has 0 radical (unpaired) electrons. The minimum absolute atomic E-state index is 0.189. The first-order valence-corrected chi connectivity index (χ1v) is 10.7. The van der Waals surface area contributed by atoms with Crippen molar-refractivity contribution in [3.63, 3.8) is 0 Å². The SMILES string of the molecule is Cc1cc(C)c(C(=O)[PH](=O)CCC(=O)c2c(C(F)(F)F)cccc2C(F)(F)F)c(C)c1. The summed E-state index contributed by atoms with van der Waals surface area (Å²) in [4.78, 5) is 24.9. The maximum absolute atomic E-state index is 13.2. The zero-order valence-corrected chi connectivity index (χ0v) is 17.8. The Kier molecular flexibility index (Phi) is 7.21. The van der Waals surface area contributed by atoms with Crippen LogP contribution in [0.4, 0.5) is 26.3 Å². The highest BCUT2D eigenvalue weighted by molar-refractivity contribution is 7.64. The maximum Gasteiger partial charge on any atom is 0.417 e. The van der Waals surface area contributed by atoms with Gasteiger partial charge in [-0.25, -0.2) is 0 Å². The van der Waals surface area contributed by atoms with Crippen LogP contribution in [-0.2, 0) is 16.9 Å². The van der Waals surface area contributed by atoms with Crippen LogP contribution in [0.2, 0.25) is 0 Å². The van der Waals surface area contributed by atoms with E-state index in [4.69, 9.17) is 0 Å². The lowest BCUT2D eigenvalue weighted by atomic mass is 9.95. The van der Waals surface area contributed by atoms with E-state index in [0.717, 1.165) is 5.56 Å². The highest BCUT2D eigenvalue weighted by atomic mass is 31.1. The molecule has 31 heavy (non-hydrogen) atoms. The van der Waals surface area contributed by atoms with Gasteiger partial charge >= 0.3 is 12.4 Å². The maximum atomic E-state index is 13.2. The van der Waals surface area contributed by atoms with Gasteiger partial charge in [-0.1, -0.05) is 23.8 Å². The van der Waals surface area contributed by atoms with Gasteiger partial charge in [-0.15, -0.1) is 0 Å². The molecule has 168 valence electrons. The fourth-order valence-electron chi connectivity index (χ4n) is 3.47. The molecule has 0 aromatic heterocycles.